The lowest BCUT2D eigenvalue weighted by Gasteiger charge is -2.04. The number of hydrogen-bond donors (Lipinski definition) is 2. The average Bonchev–Trinajstić information content (AvgIpc) is 2.97. The molecular formula is C17H18N4O3S. The normalized spacial score (nSPS) is 10.9. The van der Waals surface area contributed by atoms with Crippen LogP contribution in [-0.4, -0.2) is 20.7 Å². The van der Waals surface area contributed by atoms with Crippen LogP contribution in [0.4, 0.5) is 5.13 Å². The van der Waals surface area contributed by atoms with Crippen molar-refractivity contribution in [3.63, 3.8) is 0 Å². The number of thiazole rings is 1. The summed E-state index contributed by atoms with van der Waals surface area (Å²) >= 11 is 1.39. The Labute approximate surface area is 147 Å². The molecule has 0 aliphatic rings. The monoisotopic (exact) mass is 358 g/mol. The van der Waals surface area contributed by atoms with Crippen LogP contribution < -0.4 is 16.4 Å². The lowest BCUT2D eigenvalue weighted by Crippen LogP contribution is -2.32. The molecule has 0 fully saturated rings. The van der Waals surface area contributed by atoms with E-state index in [-0.39, 0.29) is 6.54 Å². The molecule has 0 atom stereocenters. The van der Waals surface area contributed by atoms with Crippen molar-refractivity contribution in [1.29, 1.82) is 0 Å². The number of nitrogens with one attached hydrogen (secondary N) is 2. The van der Waals surface area contributed by atoms with E-state index >= 15 is 0 Å². The maximum absolute atomic E-state index is 12.1. The number of hydrogen-bond acceptors (Lipinski definition) is 5. The molecule has 3 aromatic rings. The average molecular weight is 358 g/mol. The lowest BCUT2D eigenvalue weighted by molar-refractivity contribution is -0.117. The molecular weight excluding hydrogens is 340 g/mol. The third kappa shape index (κ3) is 4.21. The zero-order chi connectivity index (χ0) is 17.8. The van der Waals surface area contributed by atoms with Crippen molar-refractivity contribution in [3.05, 3.63) is 56.6 Å². The Bertz CT molecular complexity index is 1020. The minimum absolute atomic E-state index is 0.271. The fraction of sp³-hybridized carbons (Fsp3) is 0.294. The molecule has 2 heterocycles. The van der Waals surface area contributed by atoms with Gasteiger partial charge in [0.15, 0.2) is 5.13 Å². The highest BCUT2D eigenvalue weighted by atomic mass is 32.1. The number of fused-ring (bicyclic) bond motifs is 1. The number of aryl methyl sites for hydroxylation is 1. The molecule has 0 aliphatic carbocycles. The highest BCUT2D eigenvalue weighted by molar-refractivity contribution is 7.22. The Morgan fingerprint density at radius 1 is 1.28 bits per heavy atom. The first kappa shape index (κ1) is 17.1. The van der Waals surface area contributed by atoms with Gasteiger partial charge in [0.2, 0.25) is 5.91 Å². The maximum Gasteiger partial charge on any atom is 0.265 e. The highest BCUT2D eigenvalue weighted by Gasteiger charge is 2.10. The summed E-state index contributed by atoms with van der Waals surface area (Å²) in [6.45, 7) is 1.89. The number of aromatic nitrogens is 3. The van der Waals surface area contributed by atoms with Gasteiger partial charge in [-0.15, -0.1) is 0 Å². The Hall–Kier alpha value is -2.74. The Balaban J connectivity index is 1.73. The van der Waals surface area contributed by atoms with Crippen LogP contribution in [0.15, 0.2) is 39.9 Å². The first-order valence-corrected chi connectivity index (χ1v) is 8.86. The van der Waals surface area contributed by atoms with E-state index in [0.717, 1.165) is 46.3 Å². The molecule has 0 spiro atoms. The molecule has 1 amide bonds. The molecule has 2 N–H and O–H groups in total. The number of anilines is 1. The number of H-pyrrole nitrogens is 1. The number of rotatable bonds is 6. The van der Waals surface area contributed by atoms with Crippen molar-refractivity contribution in [2.75, 3.05) is 5.32 Å². The van der Waals surface area contributed by atoms with Crippen LogP contribution in [0.5, 0.6) is 0 Å². The van der Waals surface area contributed by atoms with Gasteiger partial charge in [0.1, 0.15) is 6.54 Å². The Morgan fingerprint density at radius 3 is 2.92 bits per heavy atom. The topological polar surface area (TPSA) is 96.8 Å². The fourth-order valence-electron chi connectivity index (χ4n) is 2.44. The number of unbranched alkanes of at least 4 members (excludes halogenated alkanes) is 1. The number of benzene rings is 1. The van der Waals surface area contributed by atoms with Crippen LogP contribution in [0.25, 0.3) is 10.2 Å². The van der Waals surface area contributed by atoms with E-state index in [1.54, 1.807) is 0 Å². The molecule has 1 aromatic carbocycles. The second kappa shape index (κ2) is 7.43. The van der Waals surface area contributed by atoms with Crippen molar-refractivity contribution >= 4 is 32.6 Å². The van der Waals surface area contributed by atoms with Crippen molar-refractivity contribution in [2.24, 2.45) is 0 Å². The van der Waals surface area contributed by atoms with E-state index in [9.17, 15) is 14.4 Å². The van der Waals surface area contributed by atoms with Gasteiger partial charge in [-0.1, -0.05) is 30.7 Å². The summed E-state index contributed by atoms with van der Waals surface area (Å²) in [6.07, 6.45) is 3.30. The SMILES string of the molecule is CCCCc1ccc2nc(NC(=O)Cn3[nH]c(=O)ccc3=O)sc2c1. The summed E-state index contributed by atoms with van der Waals surface area (Å²) in [5.74, 6) is -0.422. The summed E-state index contributed by atoms with van der Waals surface area (Å²) < 4.78 is 1.97. The molecule has 0 saturated carbocycles. The van der Waals surface area contributed by atoms with E-state index in [1.807, 2.05) is 6.07 Å². The molecule has 0 unspecified atom stereocenters. The van der Waals surface area contributed by atoms with Crippen molar-refractivity contribution < 1.29 is 4.79 Å². The molecule has 3 rings (SSSR count). The van der Waals surface area contributed by atoms with Crippen molar-refractivity contribution in [1.82, 2.24) is 14.8 Å². The number of carbonyl (C=O) groups is 1. The van der Waals surface area contributed by atoms with Crippen molar-refractivity contribution in [3.8, 4) is 0 Å². The molecule has 2 aromatic heterocycles. The predicted octanol–water partition coefficient (Wildman–Crippen LogP) is 2.13. The summed E-state index contributed by atoms with van der Waals surface area (Å²) in [6, 6.07) is 8.35. The van der Waals surface area contributed by atoms with Gasteiger partial charge >= 0.3 is 0 Å². The second-order valence-electron chi connectivity index (χ2n) is 5.71. The zero-order valence-corrected chi connectivity index (χ0v) is 14.6. The predicted molar refractivity (Wildman–Crippen MR) is 98.2 cm³/mol. The third-order valence-electron chi connectivity index (χ3n) is 3.71. The van der Waals surface area contributed by atoms with Crippen molar-refractivity contribution in [2.45, 2.75) is 32.7 Å². The minimum Gasteiger partial charge on any atom is -0.300 e. The van der Waals surface area contributed by atoms with Crippen LogP contribution in [0.3, 0.4) is 0 Å². The second-order valence-corrected chi connectivity index (χ2v) is 6.74. The molecule has 0 aliphatic heterocycles. The fourth-order valence-corrected chi connectivity index (χ4v) is 3.39. The minimum atomic E-state index is -0.445. The van der Waals surface area contributed by atoms with Gasteiger partial charge in [-0.05, 0) is 30.5 Å². The maximum atomic E-state index is 12.1. The smallest absolute Gasteiger partial charge is 0.265 e. The Morgan fingerprint density at radius 2 is 2.12 bits per heavy atom. The van der Waals surface area contributed by atoms with Crippen LogP contribution in [-0.2, 0) is 17.8 Å². The van der Waals surface area contributed by atoms with Crippen LogP contribution >= 0.6 is 11.3 Å². The zero-order valence-electron chi connectivity index (χ0n) is 13.7. The number of carbonyl (C=O) groups excluding carboxylic acids is 1. The van der Waals surface area contributed by atoms with E-state index in [2.05, 4.69) is 34.5 Å². The molecule has 0 saturated heterocycles. The highest BCUT2D eigenvalue weighted by Crippen LogP contribution is 2.27. The number of nitrogens with zero attached hydrogens (tertiary/aromatic N) is 2. The molecule has 8 heteroatoms. The summed E-state index contributed by atoms with van der Waals surface area (Å²) in [5, 5.41) is 5.46. The van der Waals surface area contributed by atoms with E-state index in [1.165, 1.54) is 16.9 Å². The number of amides is 1. The van der Waals surface area contributed by atoms with E-state index in [0.29, 0.717) is 5.13 Å². The quantitative estimate of drug-likeness (QED) is 0.705. The van der Waals surface area contributed by atoms with Crippen LogP contribution in [0.2, 0.25) is 0 Å². The molecule has 25 heavy (non-hydrogen) atoms. The van der Waals surface area contributed by atoms with Gasteiger partial charge in [-0.25, -0.2) is 9.67 Å². The van der Waals surface area contributed by atoms with Gasteiger partial charge in [0.05, 0.1) is 10.2 Å². The summed E-state index contributed by atoms with van der Waals surface area (Å²) in [4.78, 5) is 39.4. The van der Waals surface area contributed by atoms with Gasteiger partial charge in [0.25, 0.3) is 11.1 Å². The van der Waals surface area contributed by atoms with Gasteiger partial charge in [0, 0.05) is 12.1 Å². The first-order valence-electron chi connectivity index (χ1n) is 8.04. The lowest BCUT2D eigenvalue weighted by atomic mass is 10.1. The number of aromatic amines is 1. The van der Waals surface area contributed by atoms with Crippen LogP contribution in [0.1, 0.15) is 25.3 Å². The Kier molecular flexibility index (Phi) is 5.08. The first-order chi connectivity index (χ1) is 12.0. The largest absolute Gasteiger partial charge is 0.300 e. The molecule has 0 radical (unpaired) electrons. The summed E-state index contributed by atoms with van der Waals surface area (Å²) in [5.41, 5.74) is 1.20. The van der Waals surface area contributed by atoms with Gasteiger partial charge in [-0.2, -0.15) is 0 Å². The van der Waals surface area contributed by atoms with Gasteiger partial charge in [-0.3, -0.25) is 19.5 Å². The van der Waals surface area contributed by atoms with E-state index in [4.69, 9.17) is 0 Å². The standard InChI is InChI=1S/C17H18N4O3S/c1-2-3-4-11-5-6-12-13(9-11)25-17(18-12)19-15(23)10-21-16(24)8-7-14(22)20-21/h5-9H,2-4,10H2,1H3,(H,20,22)(H,18,19,23). The van der Waals surface area contributed by atoms with Gasteiger partial charge < -0.3 is 5.32 Å². The van der Waals surface area contributed by atoms with Crippen LogP contribution in [0, 0.1) is 0 Å². The molecule has 7 nitrogen and oxygen atoms in total. The molecule has 130 valence electrons. The molecule has 0 bridgehead atoms. The van der Waals surface area contributed by atoms with E-state index < -0.39 is 17.0 Å². The third-order valence-corrected chi connectivity index (χ3v) is 4.64. The summed E-state index contributed by atoms with van der Waals surface area (Å²) in [7, 11) is 0.